The van der Waals surface area contributed by atoms with Gasteiger partial charge in [0.1, 0.15) is 0 Å². The molecule has 1 aromatic heterocycles. The number of hydrogen-bond acceptors (Lipinski definition) is 3. The van der Waals surface area contributed by atoms with Crippen LogP contribution in [0.15, 0.2) is 18.2 Å². The van der Waals surface area contributed by atoms with E-state index in [0.29, 0.717) is 25.3 Å². The van der Waals surface area contributed by atoms with Gasteiger partial charge in [0.25, 0.3) is 5.91 Å². The van der Waals surface area contributed by atoms with Crippen LogP contribution in [0.1, 0.15) is 41.4 Å². The summed E-state index contributed by atoms with van der Waals surface area (Å²) in [6.07, 6.45) is 1.61. The number of aromatic amines is 1. The number of esters is 1. The predicted molar refractivity (Wildman–Crippen MR) is 93.0 cm³/mol. The second-order valence-electron chi connectivity index (χ2n) is 6.45. The average molecular weight is 328 g/mol. The van der Waals surface area contributed by atoms with Crippen LogP contribution in [0.5, 0.6) is 0 Å². The fourth-order valence-corrected chi connectivity index (χ4v) is 3.45. The molecule has 1 fully saturated rings. The molecule has 1 amide bonds. The van der Waals surface area contributed by atoms with E-state index in [2.05, 4.69) is 11.9 Å². The molecule has 5 heteroatoms. The number of nitrogens with zero attached hydrogens (tertiary/aromatic N) is 1. The number of piperidine rings is 1. The summed E-state index contributed by atoms with van der Waals surface area (Å²) in [7, 11) is 0. The molecule has 1 aromatic carbocycles. The third-order valence-electron chi connectivity index (χ3n) is 4.90. The molecule has 1 aliphatic rings. The number of aryl methyl sites for hydroxylation is 2. The normalized spacial score (nSPS) is 18.0. The highest BCUT2D eigenvalue weighted by Crippen LogP contribution is 2.27. The Morgan fingerprint density at radius 3 is 2.88 bits per heavy atom. The molecule has 2 heterocycles. The minimum Gasteiger partial charge on any atom is -0.466 e. The predicted octanol–water partition coefficient (Wildman–Crippen LogP) is 3.20. The van der Waals surface area contributed by atoms with Crippen molar-refractivity contribution in [1.29, 1.82) is 0 Å². The largest absolute Gasteiger partial charge is 0.466 e. The highest BCUT2D eigenvalue weighted by molar-refractivity contribution is 6.06. The van der Waals surface area contributed by atoms with Gasteiger partial charge in [-0.2, -0.15) is 0 Å². The van der Waals surface area contributed by atoms with Gasteiger partial charge < -0.3 is 14.6 Å². The molecule has 0 saturated carbocycles. The van der Waals surface area contributed by atoms with Crippen LogP contribution in [0.4, 0.5) is 0 Å². The molecule has 128 valence electrons. The first-order chi connectivity index (χ1) is 11.5. The topological polar surface area (TPSA) is 62.4 Å². The highest BCUT2D eigenvalue weighted by atomic mass is 16.5. The van der Waals surface area contributed by atoms with E-state index in [9.17, 15) is 9.59 Å². The molecule has 1 atom stereocenters. The van der Waals surface area contributed by atoms with Gasteiger partial charge in [0.2, 0.25) is 0 Å². The van der Waals surface area contributed by atoms with Gasteiger partial charge in [0, 0.05) is 24.2 Å². The Balaban J connectivity index is 1.86. The van der Waals surface area contributed by atoms with Crippen LogP contribution >= 0.6 is 0 Å². The minimum atomic E-state index is -0.214. The van der Waals surface area contributed by atoms with Crippen LogP contribution in [0.2, 0.25) is 0 Å². The molecule has 0 bridgehead atoms. The molecule has 5 nitrogen and oxygen atoms in total. The van der Waals surface area contributed by atoms with Gasteiger partial charge in [0.05, 0.1) is 23.6 Å². The van der Waals surface area contributed by atoms with E-state index in [-0.39, 0.29) is 17.8 Å². The molecule has 1 N–H and O–H groups in total. The fraction of sp³-hybridized carbons (Fsp3) is 0.474. The van der Waals surface area contributed by atoms with Gasteiger partial charge in [-0.1, -0.05) is 12.1 Å². The van der Waals surface area contributed by atoms with Crippen LogP contribution in [0, 0.1) is 19.8 Å². The Hall–Kier alpha value is -2.30. The SMILES string of the molecule is CCOC(=O)[C@@H]1CCCN(C(=O)c2cccc3c(C)c(C)[nH]c23)C1. The molecule has 0 aliphatic carbocycles. The summed E-state index contributed by atoms with van der Waals surface area (Å²) in [6.45, 7) is 7.38. The number of H-pyrrole nitrogens is 1. The Kier molecular flexibility index (Phi) is 4.60. The van der Waals surface area contributed by atoms with Crippen molar-refractivity contribution in [3.05, 3.63) is 35.0 Å². The first-order valence-electron chi connectivity index (χ1n) is 8.56. The Labute approximate surface area is 142 Å². The van der Waals surface area contributed by atoms with Crippen molar-refractivity contribution in [1.82, 2.24) is 9.88 Å². The van der Waals surface area contributed by atoms with Gasteiger partial charge in [-0.15, -0.1) is 0 Å². The number of amides is 1. The molecule has 1 aliphatic heterocycles. The number of nitrogens with one attached hydrogen (secondary N) is 1. The van der Waals surface area contributed by atoms with Crippen molar-refractivity contribution in [3.63, 3.8) is 0 Å². The number of hydrogen-bond donors (Lipinski definition) is 1. The smallest absolute Gasteiger partial charge is 0.310 e. The molecule has 2 aromatic rings. The van der Waals surface area contributed by atoms with Crippen LogP contribution in [-0.2, 0) is 9.53 Å². The summed E-state index contributed by atoms with van der Waals surface area (Å²) < 4.78 is 5.12. The van der Waals surface area contributed by atoms with Gasteiger partial charge in [-0.05, 0) is 45.2 Å². The zero-order chi connectivity index (χ0) is 17.3. The van der Waals surface area contributed by atoms with Crippen molar-refractivity contribution in [2.75, 3.05) is 19.7 Å². The minimum absolute atomic E-state index is 0.0177. The third-order valence-corrected chi connectivity index (χ3v) is 4.90. The number of fused-ring (bicyclic) bond motifs is 1. The zero-order valence-electron chi connectivity index (χ0n) is 14.5. The molecule has 1 saturated heterocycles. The number of likely N-dealkylation sites (tertiary alicyclic amines) is 1. The first kappa shape index (κ1) is 16.6. The van der Waals surface area contributed by atoms with Gasteiger partial charge in [-0.3, -0.25) is 9.59 Å². The summed E-state index contributed by atoms with van der Waals surface area (Å²) in [4.78, 5) is 30.1. The number of ether oxygens (including phenoxy) is 1. The zero-order valence-corrected chi connectivity index (χ0v) is 14.5. The van der Waals surface area contributed by atoms with Gasteiger partial charge in [-0.25, -0.2) is 0 Å². The van der Waals surface area contributed by atoms with Gasteiger partial charge in [0.15, 0.2) is 0 Å². The van der Waals surface area contributed by atoms with E-state index in [1.807, 2.05) is 25.1 Å². The van der Waals surface area contributed by atoms with E-state index < -0.39 is 0 Å². The standard InChI is InChI=1S/C19H24N2O3/c1-4-24-19(23)14-7-6-10-21(11-14)18(22)16-9-5-8-15-12(2)13(3)20-17(15)16/h5,8-9,14,20H,4,6-7,10-11H2,1-3H3/t14-/m1/s1. The lowest BCUT2D eigenvalue weighted by Gasteiger charge is -2.31. The number of carbonyl (C=O) groups excluding carboxylic acids is 2. The third kappa shape index (κ3) is 2.90. The van der Waals surface area contributed by atoms with Crippen LogP contribution in [0.3, 0.4) is 0 Å². The maximum absolute atomic E-state index is 13.0. The van der Waals surface area contributed by atoms with Crippen molar-refractivity contribution in [3.8, 4) is 0 Å². The summed E-state index contributed by atoms with van der Waals surface area (Å²) >= 11 is 0. The van der Waals surface area contributed by atoms with E-state index in [1.54, 1.807) is 11.8 Å². The van der Waals surface area contributed by atoms with E-state index in [1.165, 1.54) is 5.56 Å². The molecule has 0 spiro atoms. The Morgan fingerprint density at radius 2 is 2.12 bits per heavy atom. The second kappa shape index (κ2) is 6.67. The maximum atomic E-state index is 13.0. The number of rotatable bonds is 3. The summed E-state index contributed by atoms with van der Waals surface area (Å²) in [6, 6.07) is 5.80. The Bertz CT molecular complexity index is 778. The lowest BCUT2D eigenvalue weighted by atomic mass is 9.97. The van der Waals surface area contributed by atoms with E-state index in [4.69, 9.17) is 4.74 Å². The molecular weight excluding hydrogens is 304 g/mol. The lowest BCUT2D eigenvalue weighted by molar-refractivity contribution is -0.149. The second-order valence-corrected chi connectivity index (χ2v) is 6.45. The number of benzene rings is 1. The molecule has 0 radical (unpaired) electrons. The van der Waals surface area contributed by atoms with Crippen molar-refractivity contribution < 1.29 is 14.3 Å². The summed E-state index contributed by atoms with van der Waals surface area (Å²) in [5.41, 5.74) is 3.81. The van der Waals surface area contributed by atoms with Crippen LogP contribution in [-0.4, -0.2) is 41.5 Å². The maximum Gasteiger partial charge on any atom is 0.310 e. The number of aromatic nitrogens is 1. The average Bonchev–Trinajstić information content (AvgIpc) is 2.89. The molecule has 24 heavy (non-hydrogen) atoms. The van der Waals surface area contributed by atoms with Gasteiger partial charge >= 0.3 is 5.97 Å². The van der Waals surface area contributed by atoms with Crippen molar-refractivity contribution in [2.45, 2.75) is 33.6 Å². The molecular formula is C19H24N2O3. The van der Waals surface area contributed by atoms with Crippen molar-refractivity contribution in [2.24, 2.45) is 5.92 Å². The lowest BCUT2D eigenvalue weighted by Crippen LogP contribution is -2.42. The van der Waals surface area contributed by atoms with Crippen LogP contribution < -0.4 is 0 Å². The molecule has 0 unspecified atom stereocenters. The summed E-state index contributed by atoms with van der Waals surface area (Å²) in [5.74, 6) is -0.426. The quantitative estimate of drug-likeness (QED) is 0.880. The van der Waals surface area contributed by atoms with Crippen molar-refractivity contribution >= 4 is 22.8 Å². The van der Waals surface area contributed by atoms with E-state index in [0.717, 1.165) is 29.4 Å². The van der Waals surface area contributed by atoms with E-state index >= 15 is 0 Å². The number of para-hydroxylation sites is 1. The monoisotopic (exact) mass is 328 g/mol. The summed E-state index contributed by atoms with van der Waals surface area (Å²) in [5, 5.41) is 1.08. The highest BCUT2D eigenvalue weighted by Gasteiger charge is 2.30. The molecule has 3 rings (SSSR count). The number of carbonyl (C=O) groups is 2. The Morgan fingerprint density at radius 1 is 1.33 bits per heavy atom. The fourth-order valence-electron chi connectivity index (χ4n) is 3.45. The van der Waals surface area contributed by atoms with Crippen LogP contribution in [0.25, 0.3) is 10.9 Å². The first-order valence-corrected chi connectivity index (χ1v) is 8.56.